The zero-order chi connectivity index (χ0) is 30.7. The van der Waals surface area contributed by atoms with Crippen LogP contribution in [0.15, 0.2) is 128 Å². The molecule has 220 valence electrons. The number of hydrogen-bond acceptors (Lipinski definition) is 5. The maximum atomic E-state index is 9.51. The highest BCUT2D eigenvalue weighted by Gasteiger charge is 2.08. The summed E-state index contributed by atoms with van der Waals surface area (Å²) in [5, 5.41) is 10.6. The van der Waals surface area contributed by atoms with Crippen molar-refractivity contribution in [3.8, 4) is 11.5 Å². The normalized spacial score (nSPS) is 10.7. The molecule has 0 fully saturated rings. The SMILES string of the molecule is Clc1nccc2cccc(OCc3ccccc3)c12.O=P(Cl)(Cl)Cl.O[n+]1ccc2cccc(OCc3ccccc3)c2c1. The number of fused-ring (bicyclic) bond motifs is 2. The molecular formula is C32H26Cl4N2O4P+. The molecule has 6 aromatic rings. The third kappa shape index (κ3) is 10.6. The zero-order valence-corrected chi connectivity index (χ0v) is 26.5. The molecule has 6 rings (SSSR count). The van der Waals surface area contributed by atoms with Crippen molar-refractivity contribution in [2.24, 2.45) is 0 Å². The molecule has 0 spiro atoms. The Labute approximate surface area is 268 Å². The first-order valence-corrected chi connectivity index (χ1v) is 17.7. The Morgan fingerprint density at radius 3 is 1.84 bits per heavy atom. The van der Waals surface area contributed by atoms with Crippen LogP contribution in [-0.4, -0.2) is 10.2 Å². The second kappa shape index (κ2) is 15.8. The molecule has 0 aliphatic heterocycles. The highest BCUT2D eigenvalue weighted by molar-refractivity contribution is 8.24. The Hall–Kier alpha value is -3.51. The van der Waals surface area contributed by atoms with Crippen molar-refractivity contribution in [2.45, 2.75) is 13.2 Å². The summed E-state index contributed by atoms with van der Waals surface area (Å²) < 4.78 is 22.2. The van der Waals surface area contributed by atoms with Gasteiger partial charge in [-0.1, -0.05) is 96.5 Å². The highest BCUT2D eigenvalue weighted by atomic mass is 36.0. The van der Waals surface area contributed by atoms with Gasteiger partial charge in [0.05, 0.1) is 10.8 Å². The molecule has 4 aromatic carbocycles. The molecule has 0 aliphatic carbocycles. The quantitative estimate of drug-likeness (QED) is 0.0824. The van der Waals surface area contributed by atoms with Crippen LogP contribution in [0.25, 0.3) is 21.5 Å². The summed E-state index contributed by atoms with van der Waals surface area (Å²) in [6.07, 6.45) is 4.95. The molecule has 0 unspecified atom stereocenters. The van der Waals surface area contributed by atoms with Crippen molar-refractivity contribution in [3.05, 3.63) is 144 Å². The first kappa shape index (κ1) is 32.4. The summed E-state index contributed by atoms with van der Waals surface area (Å²) >= 11 is 20.0. The monoisotopic (exact) mass is 673 g/mol. The van der Waals surface area contributed by atoms with Gasteiger partial charge in [-0.3, -0.25) is 9.77 Å². The van der Waals surface area contributed by atoms with Crippen molar-refractivity contribution >= 4 is 72.1 Å². The maximum absolute atomic E-state index is 9.51. The molecule has 0 aliphatic rings. The summed E-state index contributed by atoms with van der Waals surface area (Å²) in [4.78, 5) is 4.11. The lowest BCUT2D eigenvalue weighted by molar-refractivity contribution is -0.903. The van der Waals surface area contributed by atoms with Gasteiger partial charge in [0.25, 0.3) is 0 Å². The van der Waals surface area contributed by atoms with E-state index in [2.05, 4.69) is 38.7 Å². The average Bonchev–Trinajstić information content (AvgIpc) is 2.99. The molecule has 6 nitrogen and oxygen atoms in total. The Kier molecular flexibility index (Phi) is 11.9. The summed E-state index contributed by atoms with van der Waals surface area (Å²) in [5.41, 5.74) is 2.24. The van der Waals surface area contributed by atoms with E-state index in [4.69, 9.17) is 21.1 Å². The fraction of sp³-hybridized carbons (Fsp3) is 0.0625. The van der Waals surface area contributed by atoms with Gasteiger partial charge in [0.15, 0.2) is 0 Å². The van der Waals surface area contributed by atoms with Gasteiger partial charge in [-0.15, -0.1) is 0 Å². The molecule has 0 atom stereocenters. The van der Waals surface area contributed by atoms with Crippen molar-refractivity contribution in [2.75, 3.05) is 0 Å². The van der Waals surface area contributed by atoms with Gasteiger partial charge >= 0.3 is 5.20 Å². The molecule has 2 heterocycles. The highest BCUT2D eigenvalue weighted by Crippen LogP contribution is 2.61. The van der Waals surface area contributed by atoms with Crippen LogP contribution >= 0.6 is 50.5 Å². The second-order valence-corrected chi connectivity index (χ2v) is 16.0. The van der Waals surface area contributed by atoms with Crippen molar-refractivity contribution in [1.29, 1.82) is 0 Å². The molecule has 2 aromatic heterocycles. The minimum absolute atomic E-state index is 0.473. The lowest BCUT2D eigenvalue weighted by atomic mass is 10.1. The van der Waals surface area contributed by atoms with Crippen LogP contribution in [0.2, 0.25) is 5.15 Å². The molecule has 0 saturated carbocycles. The fourth-order valence-electron chi connectivity index (χ4n) is 4.05. The second-order valence-electron chi connectivity index (χ2n) is 8.99. The molecule has 43 heavy (non-hydrogen) atoms. The summed E-state index contributed by atoms with van der Waals surface area (Å²) in [6.45, 7) is 1.03. The van der Waals surface area contributed by atoms with Crippen LogP contribution in [0.1, 0.15) is 11.1 Å². The topological polar surface area (TPSA) is 72.5 Å². The van der Waals surface area contributed by atoms with Crippen LogP contribution in [0, 0.1) is 0 Å². The van der Waals surface area contributed by atoms with Gasteiger partial charge in [-0.2, -0.15) is 0 Å². The van der Waals surface area contributed by atoms with Gasteiger partial charge in [0, 0.05) is 17.0 Å². The largest absolute Gasteiger partial charge is 0.488 e. The summed E-state index contributed by atoms with van der Waals surface area (Å²) in [5.74, 6) is 1.53. The number of hydrogen-bond donors (Lipinski definition) is 1. The van der Waals surface area contributed by atoms with E-state index in [0.29, 0.717) is 18.4 Å². The van der Waals surface area contributed by atoms with Crippen LogP contribution in [-0.2, 0) is 17.8 Å². The van der Waals surface area contributed by atoms with Crippen molar-refractivity contribution in [3.63, 3.8) is 0 Å². The Bertz CT molecular complexity index is 1810. The van der Waals surface area contributed by atoms with E-state index in [1.807, 2.05) is 109 Å². The van der Waals surface area contributed by atoms with Gasteiger partial charge in [-0.25, -0.2) is 4.98 Å². The standard InChI is InChI=1S/C16H12ClNO.C16H14NO2.Cl3OP/c17-16-15-13(9-10-18-16)7-4-8-14(15)19-11-12-5-2-1-3-6-12;18-17-10-9-14-7-4-8-16(15(14)11-17)19-12-13-5-2-1-3-6-13;1-5(2,3)4/h1-10H,11H2;1-11,18H,12H2;/q;+1;. The number of benzene rings is 4. The number of aromatic nitrogens is 2. The van der Waals surface area contributed by atoms with E-state index in [1.165, 1.54) is 0 Å². The van der Waals surface area contributed by atoms with Crippen LogP contribution < -0.4 is 14.2 Å². The third-order valence-electron chi connectivity index (χ3n) is 5.95. The van der Waals surface area contributed by atoms with Gasteiger partial charge in [-0.05, 0) is 73.8 Å². The van der Waals surface area contributed by atoms with Gasteiger partial charge < -0.3 is 9.47 Å². The number of ether oxygens (including phenoxy) is 2. The predicted molar refractivity (Wildman–Crippen MR) is 175 cm³/mol. The van der Waals surface area contributed by atoms with Crippen molar-refractivity contribution in [1.82, 2.24) is 4.98 Å². The lowest BCUT2D eigenvalue weighted by Gasteiger charge is -2.10. The van der Waals surface area contributed by atoms with Gasteiger partial charge in [0.1, 0.15) is 29.9 Å². The summed E-state index contributed by atoms with van der Waals surface area (Å²) in [6, 6.07) is 35.6. The van der Waals surface area contributed by atoms with E-state index in [0.717, 1.165) is 48.9 Å². The first-order chi connectivity index (χ1) is 20.7. The zero-order valence-electron chi connectivity index (χ0n) is 22.6. The maximum Gasteiger partial charge on any atom is 0.339 e. The van der Waals surface area contributed by atoms with E-state index >= 15 is 0 Å². The minimum atomic E-state index is -3.22. The number of rotatable bonds is 6. The van der Waals surface area contributed by atoms with Crippen LogP contribution in [0.4, 0.5) is 0 Å². The molecule has 0 amide bonds. The van der Waals surface area contributed by atoms with E-state index in [-0.39, 0.29) is 0 Å². The predicted octanol–water partition coefficient (Wildman–Crippen LogP) is 10.2. The molecule has 0 saturated heterocycles. The fourth-order valence-corrected chi connectivity index (χ4v) is 4.31. The first-order valence-electron chi connectivity index (χ1n) is 12.9. The van der Waals surface area contributed by atoms with Crippen LogP contribution in [0.3, 0.4) is 0 Å². The van der Waals surface area contributed by atoms with E-state index in [1.54, 1.807) is 18.6 Å². The Morgan fingerprint density at radius 1 is 0.698 bits per heavy atom. The number of pyridine rings is 2. The summed E-state index contributed by atoms with van der Waals surface area (Å²) in [7, 11) is 0. The van der Waals surface area contributed by atoms with E-state index in [9.17, 15) is 9.77 Å². The molecule has 11 heteroatoms. The minimum Gasteiger partial charge on any atom is -0.488 e. The molecule has 0 radical (unpaired) electrons. The number of nitrogens with zero attached hydrogens (tertiary/aromatic N) is 2. The molecule has 1 N–H and O–H groups in total. The lowest BCUT2D eigenvalue weighted by Crippen LogP contribution is -2.27. The number of halogens is 4. The third-order valence-corrected chi connectivity index (χ3v) is 6.24. The molecular weight excluding hydrogens is 649 g/mol. The van der Waals surface area contributed by atoms with Gasteiger partial charge in [0.2, 0.25) is 12.4 Å². The Balaban J connectivity index is 0.000000171. The Morgan fingerprint density at radius 2 is 1.23 bits per heavy atom. The van der Waals surface area contributed by atoms with E-state index < -0.39 is 5.20 Å². The smallest absolute Gasteiger partial charge is 0.339 e. The average molecular weight is 675 g/mol. The van der Waals surface area contributed by atoms with Crippen molar-refractivity contribution < 1.29 is 24.0 Å². The van der Waals surface area contributed by atoms with Crippen LogP contribution in [0.5, 0.6) is 11.5 Å². The molecule has 0 bridgehead atoms.